The highest BCUT2D eigenvalue weighted by atomic mass is 16.7. The van der Waals surface area contributed by atoms with Crippen LogP contribution >= 0.6 is 0 Å². The van der Waals surface area contributed by atoms with Gasteiger partial charge in [-0.3, -0.25) is 9.63 Å². The molecular formula is C10H11NO2. The van der Waals surface area contributed by atoms with Crippen molar-refractivity contribution in [2.75, 3.05) is 11.7 Å². The Labute approximate surface area is 76.9 Å². The summed E-state index contributed by atoms with van der Waals surface area (Å²) in [5.41, 5.74) is 2.05. The molecule has 3 nitrogen and oxygen atoms in total. The molecule has 1 aliphatic heterocycles. The van der Waals surface area contributed by atoms with E-state index in [4.69, 9.17) is 4.84 Å². The van der Waals surface area contributed by atoms with Gasteiger partial charge in [-0.05, 0) is 11.6 Å². The van der Waals surface area contributed by atoms with Gasteiger partial charge in [-0.2, -0.15) is 5.06 Å². The van der Waals surface area contributed by atoms with Gasteiger partial charge in [0.05, 0.1) is 12.3 Å². The van der Waals surface area contributed by atoms with E-state index in [1.807, 2.05) is 24.3 Å². The summed E-state index contributed by atoms with van der Waals surface area (Å²) in [4.78, 5) is 16.4. The standard InChI is InChI=1S/C10H11NO2/c1-8(12)11-10-5-3-2-4-9(10)6-7-13-11/h2-5H,6-7H2,1H3. The van der Waals surface area contributed by atoms with Crippen molar-refractivity contribution in [1.82, 2.24) is 0 Å². The van der Waals surface area contributed by atoms with E-state index >= 15 is 0 Å². The van der Waals surface area contributed by atoms with Gasteiger partial charge in [0.1, 0.15) is 0 Å². The number of anilines is 1. The van der Waals surface area contributed by atoms with Crippen LogP contribution in [0.5, 0.6) is 0 Å². The second-order valence-corrected chi connectivity index (χ2v) is 3.03. The van der Waals surface area contributed by atoms with Crippen molar-refractivity contribution in [2.45, 2.75) is 13.3 Å². The molecule has 1 amide bonds. The quantitative estimate of drug-likeness (QED) is 0.601. The molecule has 68 valence electrons. The number of amides is 1. The first-order valence-electron chi connectivity index (χ1n) is 4.30. The summed E-state index contributed by atoms with van der Waals surface area (Å²) in [6, 6.07) is 7.80. The molecule has 1 aliphatic rings. The largest absolute Gasteiger partial charge is 0.273 e. The Bertz CT molecular complexity index is 335. The molecule has 0 bridgehead atoms. The van der Waals surface area contributed by atoms with Gasteiger partial charge in [0.2, 0.25) is 5.91 Å². The van der Waals surface area contributed by atoms with Crippen LogP contribution < -0.4 is 5.06 Å². The van der Waals surface area contributed by atoms with Crippen molar-refractivity contribution in [3.8, 4) is 0 Å². The molecule has 0 aliphatic carbocycles. The van der Waals surface area contributed by atoms with Gasteiger partial charge in [-0.25, -0.2) is 0 Å². The summed E-state index contributed by atoms with van der Waals surface area (Å²) in [6.45, 7) is 2.08. The normalized spacial score (nSPS) is 15.3. The van der Waals surface area contributed by atoms with Gasteiger partial charge < -0.3 is 0 Å². The molecular weight excluding hydrogens is 166 g/mol. The van der Waals surface area contributed by atoms with E-state index in [1.54, 1.807) is 0 Å². The third-order valence-electron chi connectivity index (χ3n) is 2.09. The number of rotatable bonds is 0. The molecule has 3 heteroatoms. The van der Waals surface area contributed by atoms with E-state index in [0.29, 0.717) is 6.61 Å². The van der Waals surface area contributed by atoms with Crippen molar-refractivity contribution in [3.05, 3.63) is 29.8 Å². The fourth-order valence-electron chi connectivity index (χ4n) is 1.50. The molecule has 0 fully saturated rings. The lowest BCUT2D eigenvalue weighted by Gasteiger charge is -2.27. The van der Waals surface area contributed by atoms with Crippen LogP contribution in [0.25, 0.3) is 0 Å². The van der Waals surface area contributed by atoms with E-state index in [2.05, 4.69) is 0 Å². The third kappa shape index (κ3) is 1.42. The summed E-state index contributed by atoms with van der Waals surface area (Å²) in [5.74, 6) is -0.0767. The Kier molecular flexibility index (Phi) is 2.02. The summed E-state index contributed by atoms with van der Waals surface area (Å²) < 4.78 is 0. The first-order chi connectivity index (χ1) is 6.29. The summed E-state index contributed by atoms with van der Waals surface area (Å²) in [6.07, 6.45) is 0.875. The fourth-order valence-corrected chi connectivity index (χ4v) is 1.50. The van der Waals surface area contributed by atoms with Crippen LogP contribution in [0.4, 0.5) is 5.69 Å². The van der Waals surface area contributed by atoms with Gasteiger partial charge in [-0.15, -0.1) is 0 Å². The minimum absolute atomic E-state index is 0.0767. The molecule has 0 unspecified atom stereocenters. The van der Waals surface area contributed by atoms with Gasteiger partial charge in [0.15, 0.2) is 0 Å². The monoisotopic (exact) mass is 177 g/mol. The summed E-state index contributed by atoms with van der Waals surface area (Å²) >= 11 is 0. The minimum Gasteiger partial charge on any atom is -0.273 e. The summed E-state index contributed by atoms with van der Waals surface area (Å²) in [5, 5.41) is 1.36. The lowest BCUT2D eigenvalue weighted by molar-refractivity contribution is -0.124. The van der Waals surface area contributed by atoms with E-state index in [0.717, 1.165) is 12.1 Å². The Morgan fingerprint density at radius 3 is 3.00 bits per heavy atom. The zero-order chi connectivity index (χ0) is 9.26. The summed E-state index contributed by atoms with van der Waals surface area (Å²) in [7, 11) is 0. The van der Waals surface area contributed by atoms with Gasteiger partial charge in [0.25, 0.3) is 0 Å². The third-order valence-corrected chi connectivity index (χ3v) is 2.09. The number of carbonyl (C=O) groups excluding carboxylic acids is 1. The lowest BCUT2D eigenvalue weighted by Crippen LogP contribution is -2.33. The second kappa shape index (κ2) is 3.18. The molecule has 13 heavy (non-hydrogen) atoms. The Morgan fingerprint density at radius 2 is 2.23 bits per heavy atom. The Balaban J connectivity index is 2.42. The zero-order valence-corrected chi connectivity index (χ0v) is 7.49. The Morgan fingerprint density at radius 1 is 1.46 bits per heavy atom. The minimum atomic E-state index is -0.0767. The zero-order valence-electron chi connectivity index (χ0n) is 7.49. The molecule has 0 saturated carbocycles. The van der Waals surface area contributed by atoms with Gasteiger partial charge in [-0.1, -0.05) is 18.2 Å². The van der Waals surface area contributed by atoms with Crippen molar-refractivity contribution in [2.24, 2.45) is 0 Å². The number of fused-ring (bicyclic) bond motifs is 1. The predicted molar refractivity (Wildman–Crippen MR) is 49.3 cm³/mol. The second-order valence-electron chi connectivity index (χ2n) is 3.03. The molecule has 0 saturated heterocycles. The number of hydrogen-bond acceptors (Lipinski definition) is 2. The van der Waals surface area contributed by atoms with Gasteiger partial charge >= 0.3 is 0 Å². The maximum Gasteiger partial charge on any atom is 0.247 e. The number of nitrogens with zero attached hydrogens (tertiary/aromatic N) is 1. The molecule has 0 atom stereocenters. The van der Waals surface area contributed by atoms with Crippen molar-refractivity contribution in [1.29, 1.82) is 0 Å². The van der Waals surface area contributed by atoms with Crippen LogP contribution in [0.1, 0.15) is 12.5 Å². The molecule has 1 aromatic carbocycles. The van der Waals surface area contributed by atoms with Crippen molar-refractivity contribution >= 4 is 11.6 Å². The fraction of sp³-hybridized carbons (Fsp3) is 0.300. The van der Waals surface area contributed by atoms with Crippen LogP contribution in [0.15, 0.2) is 24.3 Å². The van der Waals surface area contributed by atoms with Crippen LogP contribution in [0.3, 0.4) is 0 Å². The van der Waals surface area contributed by atoms with E-state index in [-0.39, 0.29) is 5.91 Å². The molecule has 1 heterocycles. The maximum absolute atomic E-state index is 11.2. The first kappa shape index (κ1) is 8.26. The highest BCUT2D eigenvalue weighted by Gasteiger charge is 2.19. The van der Waals surface area contributed by atoms with Crippen LogP contribution in [0, 0.1) is 0 Å². The molecule has 0 aromatic heterocycles. The smallest absolute Gasteiger partial charge is 0.247 e. The van der Waals surface area contributed by atoms with Crippen molar-refractivity contribution in [3.63, 3.8) is 0 Å². The molecule has 0 radical (unpaired) electrons. The number of carbonyl (C=O) groups is 1. The maximum atomic E-state index is 11.2. The number of hydrogen-bond donors (Lipinski definition) is 0. The number of para-hydroxylation sites is 1. The van der Waals surface area contributed by atoms with Crippen LogP contribution in [-0.2, 0) is 16.1 Å². The number of benzene rings is 1. The van der Waals surface area contributed by atoms with E-state index in [1.165, 1.54) is 17.6 Å². The Hall–Kier alpha value is -1.35. The SMILES string of the molecule is CC(=O)N1OCCc2ccccc21. The molecule has 0 spiro atoms. The molecule has 0 N–H and O–H groups in total. The predicted octanol–water partition coefficient (Wildman–Crippen LogP) is 1.53. The van der Waals surface area contributed by atoms with Crippen LogP contribution in [-0.4, -0.2) is 12.5 Å². The highest BCUT2D eigenvalue weighted by molar-refractivity contribution is 5.90. The molecule has 2 rings (SSSR count). The van der Waals surface area contributed by atoms with E-state index in [9.17, 15) is 4.79 Å². The topological polar surface area (TPSA) is 29.5 Å². The highest BCUT2D eigenvalue weighted by Crippen LogP contribution is 2.25. The average molecular weight is 177 g/mol. The first-order valence-corrected chi connectivity index (χ1v) is 4.30. The molecule has 1 aromatic rings. The van der Waals surface area contributed by atoms with Crippen molar-refractivity contribution < 1.29 is 9.63 Å². The number of hydroxylamine groups is 1. The van der Waals surface area contributed by atoms with Gasteiger partial charge in [0, 0.05) is 13.3 Å². The lowest BCUT2D eigenvalue weighted by atomic mass is 10.1. The average Bonchev–Trinajstić information content (AvgIpc) is 2.17. The van der Waals surface area contributed by atoms with E-state index < -0.39 is 0 Å². The van der Waals surface area contributed by atoms with Crippen LogP contribution in [0.2, 0.25) is 0 Å².